The molecule has 0 radical (unpaired) electrons. The minimum absolute atomic E-state index is 0. The zero-order chi connectivity index (χ0) is 8.10. The van der Waals surface area contributed by atoms with E-state index >= 15 is 0 Å². The molecule has 66 valence electrons. The van der Waals surface area contributed by atoms with Gasteiger partial charge in [-0.2, -0.15) is 0 Å². The molecule has 4 nitrogen and oxygen atoms in total. The van der Waals surface area contributed by atoms with Gasteiger partial charge in [0.15, 0.2) is 0 Å². The maximum absolute atomic E-state index is 9.95. The summed E-state index contributed by atoms with van der Waals surface area (Å²) in [6.45, 7) is 0.121. The van der Waals surface area contributed by atoms with Crippen LogP contribution in [0.3, 0.4) is 0 Å². The van der Waals surface area contributed by atoms with Gasteiger partial charge in [-0.05, 0) is 5.56 Å². The summed E-state index contributed by atoms with van der Waals surface area (Å²) in [5, 5.41) is 8.15. The summed E-state index contributed by atoms with van der Waals surface area (Å²) in [6, 6.07) is 9.15. The minimum Gasteiger partial charge on any atom is -0.450 e. The molecule has 0 unspecified atom stereocenters. The molecule has 0 amide bonds. The largest absolute Gasteiger partial charge is 0.506 e. The van der Waals surface area contributed by atoms with Crippen LogP contribution >= 0.6 is 0 Å². The Kier molecular flexibility index (Phi) is 4.48. The first-order chi connectivity index (χ1) is 5.29. The van der Waals surface area contributed by atoms with E-state index in [0.717, 1.165) is 5.56 Å². The average molecular weight is 170 g/mol. The summed E-state index contributed by atoms with van der Waals surface area (Å²) in [6.07, 6.45) is -1.24. The molecule has 0 atom stereocenters. The van der Waals surface area contributed by atoms with E-state index in [2.05, 4.69) is 4.74 Å². The van der Waals surface area contributed by atoms with Gasteiger partial charge in [0.2, 0.25) is 0 Å². The van der Waals surface area contributed by atoms with Crippen molar-refractivity contribution in [2.75, 3.05) is 0 Å². The van der Waals surface area contributed by atoms with Crippen LogP contribution in [0.5, 0.6) is 0 Å². The third-order valence-electron chi connectivity index (χ3n) is 1.21. The van der Waals surface area contributed by atoms with Gasteiger partial charge in [-0.25, -0.2) is 4.79 Å². The molecule has 4 heteroatoms. The molecule has 12 heavy (non-hydrogen) atoms. The summed E-state index contributed by atoms with van der Waals surface area (Å²) in [7, 11) is 0. The molecular formula is C8H10O4. The summed E-state index contributed by atoms with van der Waals surface area (Å²) in [5.41, 5.74) is 0.856. The predicted octanol–water partition coefficient (Wildman–Crippen LogP) is 1.06. The van der Waals surface area contributed by atoms with E-state index in [0.29, 0.717) is 0 Å². The van der Waals surface area contributed by atoms with Gasteiger partial charge in [-0.3, -0.25) is 0 Å². The smallest absolute Gasteiger partial charge is 0.450 e. The molecule has 0 saturated carbocycles. The molecule has 0 aliphatic rings. The fraction of sp³-hybridized carbons (Fsp3) is 0.125. The third-order valence-corrected chi connectivity index (χ3v) is 1.21. The molecule has 0 aromatic heterocycles. The number of ether oxygens (including phenoxy) is 1. The highest BCUT2D eigenvalue weighted by Gasteiger charge is 1.95. The minimum atomic E-state index is -1.24. The van der Waals surface area contributed by atoms with Gasteiger partial charge >= 0.3 is 6.16 Å². The lowest BCUT2D eigenvalue weighted by Gasteiger charge is -1.98. The van der Waals surface area contributed by atoms with Gasteiger partial charge in [0.25, 0.3) is 0 Å². The van der Waals surface area contributed by atoms with Gasteiger partial charge in [0.1, 0.15) is 6.61 Å². The Morgan fingerprint density at radius 1 is 1.33 bits per heavy atom. The number of hydrogen-bond donors (Lipinski definition) is 1. The first-order valence-electron chi connectivity index (χ1n) is 3.18. The quantitative estimate of drug-likeness (QED) is 0.674. The first-order valence-corrected chi connectivity index (χ1v) is 3.18. The highest BCUT2D eigenvalue weighted by molar-refractivity contribution is 5.56. The average Bonchev–Trinajstić information content (AvgIpc) is 2.03. The maximum atomic E-state index is 9.95. The number of carbonyl (C=O) groups is 1. The van der Waals surface area contributed by atoms with Gasteiger partial charge in [0.05, 0.1) is 0 Å². The van der Waals surface area contributed by atoms with Crippen molar-refractivity contribution in [1.82, 2.24) is 0 Å². The van der Waals surface area contributed by atoms with Crippen LogP contribution in [0.2, 0.25) is 0 Å². The van der Waals surface area contributed by atoms with E-state index in [-0.39, 0.29) is 12.1 Å². The molecule has 0 spiro atoms. The second-order valence-electron chi connectivity index (χ2n) is 2.04. The van der Waals surface area contributed by atoms with Crippen molar-refractivity contribution in [1.29, 1.82) is 0 Å². The fourth-order valence-corrected chi connectivity index (χ4v) is 0.719. The Balaban J connectivity index is 0.00000121. The number of hydrogen-bond acceptors (Lipinski definition) is 2. The van der Waals surface area contributed by atoms with E-state index in [1.165, 1.54) is 0 Å². The van der Waals surface area contributed by atoms with Crippen molar-refractivity contribution in [3.05, 3.63) is 35.9 Å². The normalized spacial score (nSPS) is 8.33. The summed E-state index contributed by atoms with van der Waals surface area (Å²) in [4.78, 5) is 9.95. The van der Waals surface area contributed by atoms with E-state index in [4.69, 9.17) is 5.11 Å². The van der Waals surface area contributed by atoms with Crippen molar-refractivity contribution < 1.29 is 20.1 Å². The lowest BCUT2D eigenvalue weighted by atomic mass is 10.2. The van der Waals surface area contributed by atoms with Gasteiger partial charge in [-0.15, -0.1) is 0 Å². The zero-order valence-electron chi connectivity index (χ0n) is 6.36. The molecule has 1 rings (SSSR count). The van der Waals surface area contributed by atoms with Gasteiger partial charge in [0, 0.05) is 0 Å². The van der Waals surface area contributed by atoms with Crippen LogP contribution in [0, 0.1) is 0 Å². The van der Waals surface area contributed by atoms with Crippen LogP contribution in [-0.4, -0.2) is 16.7 Å². The van der Waals surface area contributed by atoms with Crippen molar-refractivity contribution in [2.24, 2.45) is 0 Å². The molecule has 1 aromatic carbocycles. The van der Waals surface area contributed by atoms with E-state index in [1.807, 2.05) is 30.3 Å². The Bertz CT molecular complexity index is 232. The van der Waals surface area contributed by atoms with Gasteiger partial charge < -0.3 is 15.3 Å². The third kappa shape index (κ3) is 3.58. The topological polar surface area (TPSA) is 78.0 Å². The summed E-state index contributed by atoms with van der Waals surface area (Å²) >= 11 is 0. The molecule has 0 aliphatic carbocycles. The number of benzene rings is 1. The molecule has 1 aromatic rings. The van der Waals surface area contributed by atoms with Crippen LogP contribution in [-0.2, 0) is 11.3 Å². The lowest BCUT2D eigenvalue weighted by Crippen LogP contribution is -1.99. The monoisotopic (exact) mass is 170 g/mol. The van der Waals surface area contributed by atoms with Crippen LogP contribution in [0.15, 0.2) is 30.3 Å². The van der Waals surface area contributed by atoms with Crippen molar-refractivity contribution in [3.8, 4) is 0 Å². The second-order valence-corrected chi connectivity index (χ2v) is 2.04. The molecule has 0 heterocycles. The van der Waals surface area contributed by atoms with Crippen LogP contribution in [0.1, 0.15) is 5.56 Å². The zero-order valence-corrected chi connectivity index (χ0v) is 6.36. The van der Waals surface area contributed by atoms with E-state index < -0.39 is 6.16 Å². The maximum Gasteiger partial charge on any atom is 0.506 e. The molecule has 3 N–H and O–H groups in total. The van der Waals surface area contributed by atoms with Crippen molar-refractivity contribution >= 4 is 6.16 Å². The molecular weight excluding hydrogens is 160 g/mol. The Morgan fingerprint density at radius 3 is 2.42 bits per heavy atom. The molecule has 0 saturated heterocycles. The highest BCUT2D eigenvalue weighted by atomic mass is 16.7. The highest BCUT2D eigenvalue weighted by Crippen LogP contribution is 1.99. The molecule has 0 bridgehead atoms. The van der Waals surface area contributed by atoms with Gasteiger partial charge in [-0.1, -0.05) is 30.3 Å². The summed E-state index contributed by atoms with van der Waals surface area (Å²) in [5.74, 6) is 0. The number of carboxylic acid groups (broad SMARTS) is 1. The molecule has 0 fully saturated rings. The Labute approximate surface area is 69.7 Å². The van der Waals surface area contributed by atoms with Crippen LogP contribution in [0.4, 0.5) is 4.79 Å². The number of rotatable bonds is 2. The van der Waals surface area contributed by atoms with Crippen molar-refractivity contribution in [3.63, 3.8) is 0 Å². The fourth-order valence-electron chi connectivity index (χ4n) is 0.719. The first kappa shape index (κ1) is 10.4. The van der Waals surface area contributed by atoms with E-state index in [9.17, 15) is 4.79 Å². The standard InChI is InChI=1S/C8H8O3.H2O/c9-8(10)11-6-7-4-2-1-3-5-7;/h1-5H,6H2,(H,9,10);1H2. The lowest BCUT2D eigenvalue weighted by molar-refractivity contribution is 0.0854. The predicted molar refractivity (Wildman–Crippen MR) is 42.9 cm³/mol. The summed E-state index contributed by atoms with van der Waals surface area (Å²) < 4.78 is 4.34. The van der Waals surface area contributed by atoms with Crippen molar-refractivity contribution in [2.45, 2.75) is 6.61 Å². The van der Waals surface area contributed by atoms with Crippen LogP contribution in [0.25, 0.3) is 0 Å². The Morgan fingerprint density at radius 2 is 1.92 bits per heavy atom. The Hall–Kier alpha value is -1.55. The second kappa shape index (κ2) is 5.15. The van der Waals surface area contributed by atoms with Crippen LogP contribution < -0.4 is 0 Å². The SMILES string of the molecule is O.O=C(O)OCc1ccccc1. The van der Waals surface area contributed by atoms with E-state index in [1.54, 1.807) is 0 Å². The molecule has 0 aliphatic heterocycles.